The van der Waals surface area contributed by atoms with E-state index in [2.05, 4.69) is 0 Å². The Hall–Kier alpha value is -2.82. The number of nitrogens with two attached hydrogens (primary N) is 1. The highest BCUT2D eigenvalue weighted by atomic mass is 16.6. The van der Waals surface area contributed by atoms with Crippen LogP contribution in [0.5, 0.6) is 0 Å². The van der Waals surface area contributed by atoms with Crippen LogP contribution in [-0.2, 0) is 16.1 Å². The van der Waals surface area contributed by atoms with Gasteiger partial charge >= 0.3 is 5.97 Å². The number of nitrogen functional groups attached to an aromatic ring is 1. The molecule has 0 aliphatic carbocycles. The molecule has 0 fully saturated rings. The van der Waals surface area contributed by atoms with E-state index in [-0.39, 0.29) is 17.8 Å². The average molecular weight is 352 g/mol. The Bertz CT molecular complexity index is 851. The normalized spacial score (nSPS) is 14.9. The minimum Gasteiger partial charge on any atom is -0.460 e. The predicted molar refractivity (Wildman–Crippen MR) is 102 cm³/mol. The second-order valence-corrected chi connectivity index (χ2v) is 7.61. The molecule has 1 aliphatic heterocycles. The molecule has 136 valence electrons. The Balaban J connectivity index is 1.78. The number of hydrogen-bond acceptors (Lipinski definition) is 4. The second kappa shape index (κ2) is 6.48. The lowest BCUT2D eigenvalue weighted by Crippen LogP contribution is -2.27. The van der Waals surface area contributed by atoms with Crippen molar-refractivity contribution in [2.24, 2.45) is 0 Å². The number of carbonyl (C=O) groups excluding carboxylic acids is 2. The quantitative estimate of drug-likeness (QED) is 0.672. The van der Waals surface area contributed by atoms with Gasteiger partial charge in [-0.1, -0.05) is 18.2 Å². The zero-order valence-corrected chi connectivity index (χ0v) is 15.6. The lowest BCUT2D eigenvalue weighted by atomic mass is 10.0. The second-order valence-electron chi connectivity index (χ2n) is 7.61. The first-order valence-electron chi connectivity index (χ1n) is 8.69. The first kappa shape index (κ1) is 18.0. The van der Waals surface area contributed by atoms with Crippen LogP contribution in [-0.4, -0.2) is 17.5 Å². The molecular weight excluding hydrogens is 328 g/mol. The van der Waals surface area contributed by atoms with Crippen LogP contribution in [0, 0.1) is 0 Å². The van der Waals surface area contributed by atoms with Crippen molar-refractivity contribution in [2.45, 2.75) is 45.8 Å². The van der Waals surface area contributed by atoms with Crippen molar-refractivity contribution in [1.82, 2.24) is 0 Å². The number of hydrogen-bond donors (Lipinski definition) is 1. The smallest absolute Gasteiger partial charge is 0.313 e. The summed E-state index contributed by atoms with van der Waals surface area (Å²) >= 11 is 0. The highest BCUT2D eigenvalue weighted by Crippen LogP contribution is 2.32. The highest BCUT2D eigenvalue weighted by Gasteiger charge is 2.30. The van der Waals surface area contributed by atoms with Crippen LogP contribution in [0.3, 0.4) is 0 Å². The van der Waals surface area contributed by atoms with E-state index < -0.39 is 5.60 Å². The van der Waals surface area contributed by atoms with Crippen molar-refractivity contribution in [3.05, 3.63) is 59.2 Å². The molecule has 2 N–H and O–H groups in total. The van der Waals surface area contributed by atoms with Crippen LogP contribution in [0.1, 0.15) is 55.1 Å². The molecule has 1 amide bonds. The molecule has 5 heteroatoms. The molecule has 3 rings (SSSR count). The Morgan fingerprint density at radius 1 is 1.15 bits per heavy atom. The van der Waals surface area contributed by atoms with Crippen LogP contribution < -0.4 is 10.6 Å². The number of anilines is 2. The molecule has 0 saturated heterocycles. The lowest BCUT2D eigenvalue weighted by molar-refractivity contribution is -0.156. The maximum Gasteiger partial charge on any atom is 0.313 e. The summed E-state index contributed by atoms with van der Waals surface area (Å²) in [6.45, 7) is 7.83. The maximum atomic E-state index is 12.6. The minimum absolute atomic E-state index is 0.0553. The van der Waals surface area contributed by atoms with Gasteiger partial charge in [-0.3, -0.25) is 9.59 Å². The number of esters is 1. The van der Waals surface area contributed by atoms with E-state index in [9.17, 15) is 9.59 Å². The summed E-state index contributed by atoms with van der Waals surface area (Å²) in [6.07, 6.45) is 0. The molecular formula is C21H24N2O3. The van der Waals surface area contributed by atoms with Gasteiger partial charge in [-0.25, -0.2) is 0 Å². The van der Waals surface area contributed by atoms with Gasteiger partial charge in [-0.05, 0) is 57.5 Å². The zero-order valence-electron chi connectivity index (χ0n) is 15.6. The first-order valence-corrected chi connectivity index (χ1v) is 8.69. The van der Waals surface area contributed by atoms with Gasteiger partial charge in [-0.2, -0.15) is 0 Å². The number of carbonyl (C=O) groups is 2. The van der Waals surface area contributed by atoms with Gasteiger partial charge in [0.05, 0.1) is 12.5 Å². The molecule has 0 aromatic heterocycles. The molecule has 5 nitrogen and oxygen atoms in total. The third kappa shape index (κ3) is 3.43. The van der Waals surface area contributed by atoms with Crippen molar-refractivity contribution in [3.63, 3.8) is 0 Å². The maximum absolute atomic E-state index is 12.6. The number of amides is 1. The summed E-state index contributed by atoms with van der Waals surface area (Å²) in [5.74, 6) is -0.687. The topological polar surface area (TPSA) is 72.6 Å². The molecule has 0 spiro atoms. The van der Waals surface area contributed by atoms with Crippen LogP contribution in [0.15, 0.2) is 42.5 Å². The summed E-state index contributed by atoms with van der Waals surface area (Å²) in [5, 5.41) is 0. The third-order valence-corrected chi connectivity index (χ3v) is 4.47. The third-order valence-electron chi connectivity index (χ3n) is 4.47. The number of fused-ring (bicyclic) bond motifs is 1. The summed E-state index contributed by atoms with van der Waals surface area (Å²) in [4.78, 5) is 26.6. The van der Waals surface area contributed by atoms with Gasteiger partial charge in [-0.15, -0.1) is 0 Å². The molecule has 2 aromatic carbocycles. The summed E-state index contributed by atoms with van der Waals surface area (Å²) in [6, 6.07) is 12.8. The van der Waals surface area contributed by atoms with Crippen LogP contribution >= 0.6 is 0 Å². The van der Waals surface area contributed by atoms with E-state index in [0.717, 1.165) is 16.8 Å². The fourth-order valence-corrected chi connectivity index (χ4v) is 3.03. The Labute approximate surface area is 153 Å². The number of ether oxygens (including phenoxy) is 1. The van der Waals surface area contributed by atoms with Crippen molar-refractivity contribution >= 4 is 23.3 Å². The van der Waals surface area contributed by atoms with Gasteiger partial charge in [0.15, 0.2) is 0 Å². The Morgan fingerprint density at radius 3 is 2.38 bits per heavy atom. The van der Waals surface area contributed by atoms with Crippen LogP contribution in [0.4, 0.5) is 11.4 Å². The van der Waals surface area contributed by atoms with Crippen molar-refractivity contribution < 1.29 is 14.3 Å². The predicted octanol–water partition coefficient (Wildman–Crippen LogP) is 3.87. The molecule has 1 heterocycles. The van der Waals surface area contributed by atoms with Gasteiger partial charge in [0.1, 0.15) is 5.60 Å². The Kier molecular flexibility index (Phi) is 4.48. The zero-order chi connectivity index (χ0) is 19.1. The molecule has 1 unspecified atom stereocenters. The summed E-state index contributed by atoms with van der Waals surface area (Å²) < 4.78 is 5.44. The molecule has 0 saturated carbocycles. The monoisotopic (exact) mass is 352 g/mol. The fourth-order valence-electron chi connectivity index (χ4n) is 3.03. The fraction of sp³-hybridized carbons (Fsp3) is 0.333. The molecule has 1 atom stereocenters. The van der Waals surface area contributed by atoms with E-state index in [0.29, 0.717) is 17.8 Å². The van der Waals surface area contributed by atoms with Gasteiger partial charge in [0.2, 0.25) is 0 Å². The minimum atomic E-state index is -0.515. The van der Waals surface area contributed by atoms with Gasteiger partial charge in [0.25, 0.3) is 5.91 Å². The number of rotatable bonds is 3. The molecule has 0 bridgehead atoms. The molecule has 2 aromatic rings. The van der Waals surface area contributed by atoms with E-state index in [1.165, 1.54) is 0 Å². The molecule has 1 aliphatic rings. The van der Waals surface area contributed by atoms with Gasteiger partial charge < -0.3 is 15.4 Å². The van der Waals surface area contributed by atoms with Crippen LogP contribution in [0.25, 0.3) is 0 Å². The van der Waals surface area contributed by atoms with E-state index >= 15 is 0 Å². The number of nitrogens with zero attached hydrogens (tertiary/aromatic N) is 1. The van der Waals surface area contributed by atoms with Gasteiger partial charge in [0, 0.05) is 22.5 Å². The standard InChI is InChI=1S/C21H24N2O3/c1-13(20(25)26-21(2,3)4)14-8-10-15(11-9-14)23-12-17-16(19(23)24)6-5-7-18(17)22/h5-11,13H,12,22H2,1-4H3. The van der Waals surface area contributed by atoms with Crippen LogP contribution in [0.2, 0.25) is 0 Å². The SMILES string of the molecule is CC(C(=O)OC(C)(C)C)c1ccc(N2Cc3c(N)cccc3C2=O)cc1. The lowest BCUT2D eigenvalue weighted by Gasteiger charge is -2.23. The molecule has 0 radical (unpaired) electrons. The van der Waals surface area contributed by atoms with E-state index in [1.54, 1.807) is 23.1 Å². The first-order chi connectivity index (χ1) is 12.2. The number of benzene rings is 2. The van der Waals surface area contributed by atoms with Crippen molar-refractivity contribution in [1.29, 1.82) is 0 Å². The summed E-state index contributed by atoms with van der Waals surface area (Å²) in [5.41, 5.74) is 9.26. The largest absolute Gasteiger partial charge is 0.460 e. The average Bonchev–Trinajstić information content (AvgIpc) is 2.91. The Morgan fingerprint density at radius 2 is 1.81 bits per heavy atom. The van der Waals surface area contributed by atoms with Crippen molar-refractivity contribution in [3.8, 4) is 0 Å². The molecule has 26 heavy (non-hydrogen) atoms. The highest BCUT2D eigenvalue weighted by molar-refractivity contribution is 6.11. The summed E-state index contributed by atoms with van der Waals surface area (Å²) in [7, 11) is 0. The van der Waals surface area contributed by atoms with Crippen molar-refractivity contribution in [2.75, 3.05) is 10.6 Å². The van der Waals surface area contributed by atoms with E-state index in [1.807, 2.05) is 52.0 Å². The van der Waals surface area contributed by atoms with E-state index in [4.69, 9.17) is 10.5 Å².